The minimum Gasteiger partial charge on any atom is -0.495 e. The molecular formula is C16H25FN4O. The summed E-state index contributed by atoms with van der Waals surface area (Å²) in [7, 11) is 3.43. The fraction of sp³-hybridized carbons (Fsp3) is 0.562. The van der Waals surface area contributed by atoms with E-state index in [1.54, 1.807) is 14.2 Å². The largest absolute Gasteiger partial charge is 0.495 e. The number of nitrogens with zero attached hydrogens (tertiary/aromatic N) is 2. The summed E-state index contributed by atoms with van der Waals surface area (Å²) in [6.07, 6.45) is 1.53. The quantitative estimate of drug-likeness (QED) is 0.478. The molecule has 6 heteroatoms. The second-order valence-electron chi connectivity index (χ2n) is 5.29. The average molecular weight is 308 g/mol. The molecule has 1 fully saturated rings. The van der Waals surface area contributed by atoms with Gasteiger partial charge in [0.1, 0.15) is 5.75 Å². The predicted octanol–water partition coefficient (Wildman–Crippen LogP) is 1.80. The van der Waals surface area contributed by atoms with Gasteiger partial charge in [-0.3, -0.25) is 9.38 Å². The molecule has 22 heavy (non-hydrogen) atoms. The summed E-state index contributed by atoms with van der Waals surface area (Å²) in [4.78, 5) is 6.49. The van der Waals surface area contributed by atoms with Crippen LogP contribution in [0.4, 0.5) is 10.1 Å². The molecule has 1 aliphatic heterocycles. The highest BCUT2D eigenvalue weighted by Crippen LogP contribution is 2.30. The van der Waals surface area contributed by atoms with E-state index < -0.39 is 0 Å². The number of halogens is 1. The van der Waals surface area contributed by atoms with E-state index in [-0.39, 0.29) is 6.67 Å². The van der Waals surface area contributed by atoms with Crippen LogP contribution >= 0.6 is 0 Å². The molecule has 1 atom stereocenters. The first kappa shape index (κ1) is 16.4. The van der Waals surface area contributed by atoms with Crippen LogP contribution in [0, 0.1) is 0 Å². The Morgan fingerprint density at radius 3 is 3.00 bits per heavy atom. The molecule has 0 bridgehead atoms. The van der Waals surface area contributed by atoms with Crippen molar-refractivity contribution in [2.75, 3.05) is 45.4 Å². The lowest BCUT2D eigenvalue weighted by molar-refractivity contribution is 0.415. The topological polar surface area (TPSA) is 48.9 Å². The van der Waals surface area contributed by atoms with Crippen LogP contribution < -0.4 is 20.3 Å². The number of benzene rings is 1. The molecule has 2 rings (SSSR count). The van der Waals surface area contributed by atoms with E-state index in [0.29, 0.717) is 19.0 Å². The Morgan fingerprint density at radius 2 is 2.27 bits per heavy atom. The maximum Gasteiger partial charge on any atom is 0.191 e. The molecule has 0 amide bonds. The standard InChI is InChI=1S/C16H25FN4O/c1-18-16(19-10-5-9-17)20-13-8-11-21(12-13)14-6-3-4-7-15(14)22-2/h3-4,6-7,13H,5,8-12H2,1-2H3,(H2,18,19,20). The van der Waals surface area contributed by atoms with Gasteiger partial charge in [-0.15, -0.1) is 0 Å². The molecular weight excluding hydrogens is 283 g/mol. The number of methoxy groups -OCH3 is 1. The summed E-state index contributed by atoms with van der Waals surface area (Å²) in [5.74, 6) is 1.63. The van der Waals surface area contributed by atoms with E-state index in [9.17, 15) is 4.39 Å². The van der Waals surface area contributed by atoms with Crippen molar-refractivity contribution >= 4 is 11.6 Å². The molecule has 0 aliphatic carbocycles. The van der Waals surface area contributed by atoms with E-state index in [0.717, 1.165) is 36.9 Å². The molecule has 1 unspecified atom stereocenters. The van der Waals surface area contributed by atoms with Gasteiger partial charge in [0.15, 0.2) is 5.96 Å². The zero-order chi connectivity index (χ0) is 15.8. The molecule has 0 spiro atoms. The van der Waals surface area contributed by atoms with Crippen LogP contribution in [0.2, 0.25) is 0 Å². The Balaban J connectivity index is 1.89. The molecule has 2 N–H and O–H groups in total. The average Bonchev–Trinajstić information content (AvgIpc) is 3.02. The second-order valence-corrected chi connectivity index (χ2v) is 5.29. The molecule has 0 radical (unpaired) electrons. The second kappa shape index (κ2) is 8.46. The van der Waals surface area contributed by atoms with Gasteiger partial charge in [-0.05, 0) is 25.0 Å². The molecule has 0 aromatic heterocycles. The van der Waals surface area contributed by atoms with Crippen LogP contribution in [0.3, 0.4) is 0 Å². The van der Waals surface area contributed by atoms with Gasteiger partial charge in [0.2, 0.25) is 0 Å². The minimum absolute atomic E-state index is 0.311. The van der Waals surface area contributed by atoms with E-state index in [1.165, 1.54) is 0 Å². The zero-order valence-electron chi connectivity index (χ0n) is 13.3. The van der Waals surface area contributed by atoms with Crippen LogP contribution in [0.1, 0.15) is 12.8 Å². The van der Waals surface area contributed by atoms with Crippen molar-refractivity contribution in [3.8, 4) is 5.75 Å². The van der Waals surface area contributed by atoms with Crippen LogP contribution in [-0.2, 0) is 0 Å². The highest BCUT2D eigenvalue weighted by atomic mass is 19.1. The number of nitrogens with one attached hydrogen (secondary N) is 2. The Labute approximate surface area is 131 Å². The molecule has 1 aromatic carbocycles. The maximum atomic E-state index is 12.1. The summed E-state index contributed by atoms with van der Waals surface area (Å²) in [5.41, 5.74) is 1.12. The van der Waals surface area contributed by atoms with E-state index in [2.05, 4.69) is 26.6 Å². The lowest BCUT2D eigenvalue weighted by atomic mass is 10.2. The first-order valence-corrected chi connectivity index (χ1v) is 7.69. The number of hydrogen-bond donors (Lipinski definition) is 2. The lowest BCUT2D eigenvalue weighted by Gasteiger charge is -2.22. The van der Waals surface area contributed by atoms with Crippen molar-refractivity contribution in [3.05, 3.63) is 24.3 Å². The van der Waals surface area contributed by atoms with Gasteiger partial charge in [0.25, 0.3) is 0 Å². The van der Waals surface area contributed by atoms with E-state index in [4.69, 9.17) is 4.74 Å². The molecule has 0 saturated carbocycles. The Kier molecular flexibility index (Phi) is 6.30. The van der Waals surface area contributed by atoms with Crippen molar-refractivity contribution in [1.82, 2.24) is 10.6 Å². The van der Waals surface area contributed by atoms with E-state index >= 15 is 0 Å². The normalized spacial score (nSPS) is 18.4. The van der Waals surface area contributed by atoms with Gasteiger partial charge < -0.3 is 20.3 Å². The minimum atomic E-state index is -0.311. The van der Waals surface area contributed by atoms with Gasteiger partial charge >= 0.3 is 0 Å². The van der Waals surface area contributed by atoms with Crippen LogP contribution in [0.15, 0.2) is 29.3 Å². The number of alkyl halides is 1. The third-order valence-electron chi connectivity index (χ3n) is 3.78. The zero-order valence-corrected chi connectivity index (χ0v) is 13.3. The molecule has 1 aliphatic rings. The van der Waals surface area contributed by atoms with Crippen LogP contribution in [0.5, 0.6) is 5.75 Å². The van der Waals surface area contributed by atoms with Crippen molar-refractivity contribution in [2.45, 2.75) is 18.9 Å². The lowest BCUT2D eigenvalue weighted by Crippen LogP contribution is -2.44. The number of guanidine groups is 1. The number of para-hydroxylation sites is 2. The smallest absolute Gasteiger partial charge is 0.191 e. The van der Waals surface area contributed by atoms with Gasteiger partial charge in [-0.2, -0.15) is 0 Å². The predicted molar refractivity (Wildman–Crippen MR) is 88.7 cm³/mol. The van der Waals surface area contributed by atoms with Crippen molar-refractivity contribution < 1.29 is 9.13 Å². The fourth-order valence-electron chi connectivity index (χ4n) is 2.65. The third kappa shape index (κ3) is 4.26. The van der Waals surface area contributed by atoms with Gasteiger partial charge in [-0.1, -0.05) is 12.1 Å². The van der Waals surface area contributed by atoms with Crippen LogP contribution in [-0.4, -0.2) is 52.5 Å². The van der Waals surface area contributed by atoms with Crippen molar-refractivity contribution in [2.24, 2.45) is 4.99 Å². The first-order chi connectivity index (χ1) is 10.8. The maximum absolute atomic E-state index is 12.1. The van der Waals surface area contributed by atoms with E-state index in [1.807, 2.05) is 18.2 Å². The van der Waals surface area contributed by atoms with Gasteiger partial charge in [-0.25, -0.2) is 0 Å². The molecule has 1 saturated heterocycles. The molecule has 1 aromatic rings. The number of hydrogen-bond acceptors (Lipinski definition) is 3. The van der Waals surface area contributed by atoms with Gasteiger partial charge in [0, 0.05) is 32.7 Å². The van der Waals surface area contributed by atoms with Crippen molar-refractivity contribution in [1.29, 1.82) is 0 Å². The summed E-state index contributed by atoms with van der Waals surface area (Å²) in [6, 6.07) is 8.38. The number of rotatable bonds is 6. The molecule has 1 heterocycles. The number of ether oxygens (including phenoxy) is 1. The monoisotopic (exact) mass is 308 g/mol. The fourth-order valence-corrected chi connectivity index (χ4v) is 2.65. The molecule has 122 valence electrons. The van der Waals surface area contributed by atoms with Gasteiger partial charge in [0.05, 0.1) is 19.5 Å². The third-order valence-corrected chi connectivity index (χ3v) is 3.78. The number of anilines is 1. The first-order valence-electron chi connectivity index (χ1n) is 7.69. The summed E-state index contributed by atoms with van der Waals surface area (Å²) < 4.78 is 17.6. The Hall–Kier alpha value is -1.98. The molecule has 5 nitrogen and oxygen atoms in total. The SMILES string of the molecule is CN=C(NCCCF)NC1CCN(c2ccccc2OC)C1. The summed E-state index contributed by atoms with van der Waals surface area (Å²) in [5, 5.41) is 6.53. The highest BCUT2D eigenvalue weighted by Gasteiger charge is 2.25. The Bertz CT molecular complexity index is 495. The summed E-state index contributed by atoms with van der Waals surface area (Å²) >= 11 is 0. The summed E-state index contributed by atoms with van der Waals surface area (Å²) in [6.45, 7) is 2.15. The highest BCUT2D eigenvalue weighted by molar-refractivity contribution is 5.80. The van der Waals surface area contributed by atoms with Crippen molar-refractivity contribution in [3.63, 3.8) is 0 Å². The van der Waals surface area contributed by atoms with Crippen LogP contribution in [0.25, 0.3) is 0 Å². The Morgan fingerprint density at radius 1 is 1.45 bits per heavy atom. The number of aliphatic imine (C=N–C) groups is 1.